The molecule has 5 heteroatoms. The summed E-state index contributed by atoms with van der Waals surface area (Å²) in [7, 11) is 0. The first-order valence-corrected chi connectivity index (χ1v) is 7.57. The van der Waals surface area contributed by atoms with E-state index < -0.39 is 5.97 Å². The van der Waals surface area contributed by atoms with Gasteiger partial charge in [0.2, 0.25) is 5.91 Å². The predicted octanol–water partition coefficient (Wildman–Crippen LogP) is 2.07. The van der Waals surface area contributed by atoms with Crippen LogP contribution in [0.5, 0.6) is 0 Å². The van der Waals surface area contributed by atoms with Gasteiger partial charge in [0.15, 0.2) is 0 Å². The van der Waals surface area contributed by atoms with E-state index in [1.807, 2.05) is 17.0 Å². The van der Waals surface area contributed by atoms with Gasteiger partial charge in [-0.05, 0) is 43.7 Å². The lowest BCUT2D eigenvalue weighted by Gasteiger charge is -2.25. The minimum atomic E-state index is -0.768. The van der Waals surface area contributed by atoms with Crippen LogP contribution in [-0.4, -0.2) is 32.9 Å². The summed E-state index contributed by atoms with van der Waals surface area (Å²) in [6.07, 6.45) is 7.44. The van der Waals surface area contributed by atoms with Crippen molar-refractivity contribution in [3.8, 4) is 0 Å². The highest BCUT2D eigenvalue weighted by molar-refractivity contribution is 5.81. The SMILES string of the molecule is O=C(O)[C@H]1CC[C@@H](C(=O)N(Cc2cccnc2)C2CC2)C1. The number of carboxylic acids is 1. The van der Waals surface area contributed by atoms with E-state index >= 15 is 0 Å². The van der Waals surface area contributed by atoms with Gasteiger partial charge in [-0.2, -0.15) is 0 Å². The zero-order valence-electron chi connectivity index (χ0n) is 11.9. The van der Waals surface area contributed by atoms with Gasteiger partial charge < -0.3 is 10.0 Å². The number of rotatable bonds is 5. The molecule has 5 nitrogen and oxygen atoms in total. The van der Waals surface area contributed by atoms with Crippen molar-refractivity contribution in [2.24, 2.45) is 11.8 Å². The molecular formula is C16H20N2O3. The van der Waals surface area contributed by atoms with Crippen molar-refractivity contribution in [3.63, 3.8) is 0 Å². The maximum atomic E-state index is 12.7. The van der Waals surface area contributed by atoms with Gasteiger partial charge in [0.1, 0.15) is 0 Å². The Hall–Kier alpha value is -1.91. The maximum absolute atomic E-state index is 12.7. The first-order valence-electron chi connectivity index (χ1n) is 7.57. The fourth-order valence-corrected chi connectivity index (χ4v) is 3.13. The lowest BCUT2D eigenvalue weighted by Crippen LogP contribution is -2.36. The maximum Gasteiger partial charge on any atom is 0.306 e. The first-order chi connectivity index (χ1) is 10.1. The third kappa shape index (κ3) is 3.23. The van der Waals surface area contributed by atoms with Crippen LogP contribution in [0.2, 0.25) is 0 Å². The van der Waals surface area contributed by atoms with Crippen molar-refractivity contribution in [1.82, 2.24) is 9.88 Å². The molecule has 1 N–H and O–H groups in total. The van der Waals surface area contributed by atoms with E-state index in [-0.39, 0.29) is 17.7 Å². The lowest BCUT2D eigenvalue weighted by molar-refractivity contribution is -0.141. The average Bonchev–Trinajstić information content (AvgIpc) is 3.20. The molecule has 0 bridgehead atoms. The van der Waals surface area contributed by atoms with Crippen LogP contribution in [0.15, 0.2) is 24.5 Å². The molecule has 1 amide bonds. The minimum Gasteiger partial charge on any atom is -0.481 e. The van der Waals surface area contributed by atoms with E-state index in [1.165, 1.54) is 0 Å². The molecule has 0 saturated heterocycles. The molecule has 0 spiro atoms. The Morgan fingerprint density at radius 3 is 2.57 bits per heavy atom. The largest absolute Gasteiger partial charge is 0.481 e. The Bertz CT molecular complexity index is 528. The van der Waals surface area contributed by atoms with Crippen LogP contribution in [0.3, 0.4) is 0 Å². The smallest absolute Gasteiger partial charge is 0.306 e. The van der Waals surface area contributed by atoms with Gasteiger partial charge in [-0.1, -0.05) is 6.07 Å². The molecule has 21 heavy (non-hydrogen) atoms. The van der Waals surface area contributed by atoms with E-state index in [4.69, 9.17) is 5.11 Å². The van der Waals surface area contributed by atoms with Crippen molar-refractivity contribution in [2.45, 2.75) is 44.7 Å². The van der Waals surface area contributed by atoms with Gasteiger partial charge in [-0.25, -0.2) is 0 Å². The number of amides is 1. The molecule has 2 aliphatic rings. The number of aromatic nitrogens is 1. The van der Waals surface area contributed by atoms with Crippen molar-refractivity contribution in [2.75, 3.05) is 0 Å². The third-order valence-electron chi connectivity index (χ3n) is 4.48. The van der Waals surface area contributed by atoms with Crippen LogP contribution in [0, 0.1) is 11.8 Å². The van der Waals surface area contributed by atoms with Gasteiger partial charge in [0, 0.05) is 30.9 Å². The second kappa shape index (κ2) is 5.84. The molecule has 2 saturated carbocycles. The van der Waals surface area contributed by atoms with Crippen molar-refractivity contribution in [3.05, 3.63) is 30.1 Å². The fourth-order valence-electron chi connectivity index (χ4n) is 3.13. The molecule has 1 heterocycles. The normalized spacial score (nSPS) is 24.8. The molecular weight excluding hydrogens is 268 g/mol. The topological polar surface area (TPSA) is 70.5 Å². The summed E-state index contributed by atoms with van der Waals surface area (Å²) in [6, 6.07) is 4.19. The number of carboxylic acid groups (broad SMARTS) is 1. The summed E-state index contributed by atoms with van der Waals surface area (Å²) in [4.78, 5) is 29.8. The third-order valence-corrected chi connectivity index (χ3v) is 4.48. The van der Waals surface area contributed by atoms with Crippen LogP contribution in [0.25, 0.3) is 0 Å². The molecule has 1 aromatic heterocycles. The van der Waals surface area contributed by atoms with Crippen molar-refractivity contribution >= 4 is 11.9 Å². The first kappa shape index (κ1) is 14.0. The molecule has 0 aliphatic heterocycles. The Balaban J connectivity index is 1.67. The summed E-state index contributed by atoms with van der Waals surface area (Å²) in [6.45, 7) is 0.589. The van der Waals surface area contributed by atoms with E-state index in [0.717, 1.165) is 18.4 Å². The van der Waals surface area contributed by atoms with Crippen molar-refractivity contribution < 1.29 is 14.7 Å². The number of hydrogen-bond donors (Lipinski definition) is 1. The Kier molecular flexibility index (Phi) is 3.90. The van der Waals surface area contributed by atoms with Crippen LogP contribution in [0.4, 0.5) is 0 Å². The molecule has 3 rings (SSSR count). The number of carbonyl (C=O) groups is 2. The Labute approximate surface area is 124 Å². The molecule has 0 unspecified atom stereocenters. The Morgan fingerprint density at radius 2 is 2.00 bits per heavy atom. The molecule has 112 valence electrons. The predicted molar refractivity (Wildman–Crippen MR) is 76.3 cm³/mol. The van der Waals surface area contributed by atoms with E-state index in [2.05, 4.69) is 4.98 Å². The summed E-state index contributed by atoms with van der Waals surface area (Å²) < 4.78 is 0. The number of pyridine rings is 1. The summed E-state index contributed by atoms with van der Waals surface area (Å²) in [5.41, 5.74) is 1.03. The molecule has 1 aromatic rings. The Morgan fingerprint density at radius 1 is 1.24 bits per heavy atom. The number of aliphatic carboxylic acids is 1. The van der Waals surface area contributed by atoms with Crippen LogP contribution < -0.4 is 0 Å². The summed E-state index contributed by atoms with van der Waals surface area (Å²) >= 11 is 0. The zero-order valence-corrected chi connectivity index (χ0v) is 11.9. The van der Waals surface area contributed by atoms with Crippen molar-refractivity contribution in [1.29, 1.82) is 0 Å². The van der Waals surface area contributed by atoms with Gasteiger partial charge >= 0.3 is 5.97 Å². The monoisotopic (exact) mass is 288 g/mol. The van der Waals surface area contributed by atoms with E-state index in [1.54, 1.807) is 12.4 Å². The van der Waals surface area contributed by atoms with Crippen LogP contribution >= 0.6 is 0 Å². The average molecular weight is 288 g/mol. The molecule has 0 aromatic carbocycles. The molecule has 2 fully saturated rings. The second-order valence-electron chi connectivity index (χ2n) is 6.10. The number of carbonyl (C=O) groups excluding carboxylic acids is 1. The molecule has 2 aliphatic carbocycles. The summed E-state index contributed by atoms with van der Waals surface area (Å²) in [5, 5.41) is 9.07. The van der Waals surface area contributed by atoms with Gasteiger partial charge in [-0.3, -0.25) is 14.6 Å². The molecule has 0 radical (unpaired) electrons. The standard InChI is InChI=1S/C16H20N2O3/c19-15(12-3-4-13(8-12)16(20)21)18(14-5-6-14)10-11-2-1-7-17-9-11/h1-2,7,9,12-14H,3-6,8,10H2,(H,20,21)/t12-,13+/m1/s1. The number of nitrogens with zero attached hydrogens (tertiary/aromatic N) is 2. The van der Waals surface area contributed by atoms with Crippen LogP contribution in [-0.2, 0) is 16.1 Å². The zero-order chi connectivity index (χ0) is 14.8. The second-order valence-corrected chi connectivity index (χ2v) is 6.10. The quantitative estimate of drug-likeness (QED) is 0.900. The minimum absolute atomic E-state index is 0.122. The lowest BCUT2D eigenvalue weighted by atomic mass is 10.0. The highest BCUT2D eigenvalue weighted by atomic mass is 16.4. The van der Waals surface area contributed by atoms with Gasteiger partial charge in [0.05, 0.1) is 5.92 Å². The molecule has 2 atom stereocenters. The highest BCUT2D eigenvalue weighted by Crippen LogP contribution is 2.36. The van der Waals surface area contributed by atoms with Crippen LogP contribution in [0.1, 0.15) is 37.7 Å². The van der Waals surface area contributed by atoms with Gasteiger partial charge in [-0.15, -0.1) is 0 Å². The summed E-state index contributed by atoms with van der Waals surface area (Å²) in [5.74, 6) is -1.11. The van der Waals surface area contributed by atoms with Gasteiger partial charge in [0.25, 0.3) is 0 Å². The fraction of sp³-hybridized carbons (Fsp3) is 0.562. The highest BCUT2D eigenvalue weighted by Gasteiger charge is 2.40. The van der Waals surface area contributed by atoms with E-state index in [9.17, 15) is 9.59 Å². The van der Waals surface area contributed by atoms with E-state index in [0.29, 0.717) is 31.8 Å². The number of hydrogen-bond acceptors (Lipinski definition) is 3.